The number of aliphatic imine (C=N–C) groups is 1. The van der Waals surface area contributed by atoms with Gasteiger partial charge in [-0.1, -0.05) is 0 Å². The molecule has 2 heterocycles. The van der Waals surface area contributed by atoms with Crippen LogP contribution in [-0.2, 0) is 13.0 Å². The van der Waals surface area contributed by atoms with Crippen LogP contribution in [0.3, 0.4) is 0 Å². The highest BCUT2D eigenvalue weighted by Gasteiger charge is 2.09. The number of aromatic amines is 1. The maximum absolute atomic E-state index is 5.49. The van der Waals surface area contributed by atoms with Gasteiger partial charge in [-0.2, -0.15) is 0 Å². The fourth-order valence-corrected chi connectivity index (χ4v) is 4.14. The molecular weight excluding hydrogens is 386 g/mol. The minimum absolute atomic E-state index is 0.737. The van der Waals surface area contributed by atoms with E-state index in [0.717, 1.165) is 65.0 Å². The summed E-state index contributed by atoms with van der Waals surface area (Å²) >= 11 is 1.72. The summed E-state index contributed by atoms with van der Waals surface area (Å²) in [4.78, 5) is 13.5. The molecule has 0 atom stereocenters. The van der Waals surface area contributed by atoms with Gasteiger partial charge in [0.05, 0.1) is 37.0 Å². The third kappa shape index (κ3) is 5.20. The first-order chi connectivity index (χ1) is 14.0. The maximum Gasteiger partial charge on any atom is 0.191 e. The van der Waals surface area contributed by atoms with E-state index in [1.807, 2.05) is 26.0 Å². The van der Waals surface area contributed by atoms with Gasteiger partial charge >= 0.3 is 0 Å². The molecule has 0 spiro atoms. The van der Waals surface area contributed by atoms with Crippen LogP contribution in [0.25, 0.3) is 10.9 Å². The fourth-order valence-electron chi connectivity index (χ4n) is 3.27. The predicted molar refractivity (Wildman–Crippen MR) is 120 cm³/mol. The van der Waals surface area contributed by atoms with Crippen molar-refractivity contribution in [1.82, 2.24) is 20.6 Å². The lowest BCUT2D eigenvalue weighted by Gasteiger charge is -2.11. The van der Waals surface area contributed by atoms with Gasteiger partial charge in [0.1, 0.15) is 11.5 Å². The number of fused-ring (bicyclic) bond motifs is 1. The van der Waals surface area contributed by atoms with E-state index >= 15 is 0 Å². The van der Waals surface area contributed by atoms with Crippen molar-refractivity contribution in [2.24, 2.45) is 4.99 Å². The van der Waals surface area contributed by atoms with E-state index < -0.39 is 0 Å². The summed E-state index contributed by atoms with van der Waals surface area (Å²) in [5.41, 5.74) is 3.28. The van der Waals surface area contributed by atoms with Gasteiger partial charge in [0.25, 0.3) is 0 Å². The van der Waals surface area contributed by atoms with E-state index in [4.69, 9.17) is 9.47 Å². The first-order valence-corrected chi connectivity index (χ1v) is 10.5. The van der Waals surface area contributed by atoms with Crippen molar-refractivity contribution in [1.29, 1.82) is 0 Å². The highest BCUT2D eigenvalue weighted by molar-refractivity contribution is 7.11. The Balaban J connectivity index is 1.51. The molecule has 0 unspecified atom stereocenters. The number of rotatable bonds is 8. The third-order valence-electron chi connectivity index (χ3n) is 4.74. The van der Waals surface area contributed by atoms with Gasteiger partial charge < -0.3 is 25.1 Å². The largest absolute Gasteiger partial charge is 0.497 e. The summed E-state index contributed by atoms with van der Waals surface area (Å²) in [6.07, 6.45) is 1.91. The van der Waals surface area contributed by atoms with Crippen LogP contribution in [-0.4, -0.2) is 43.7 Å². The average molecular weight is 416 g/mol. The molecule has 0 aliphatic heterocycles. The zero-order chi connectivity index (χ0) is 20.8. The number of hydrogen-bond donors (Lipinski definition) is 3. The molecule has 0 radical (unpaired) electrons. The van der Waals surface area contributed by atoms with Crippen LogP contribution in [0, 0.1) is 13.8 Å². The fraction of sp³-hybridized carbons (Fsp3) is 0.429. The van der Waals surface area contributed by atoms with E-state index in [0.29, 0.717) is 0 Å². The summed E-state index contributed by atoms with van der Waals surface area (Å²) in [5, 5.41) is 8.90. The van der Waals surface area contributed by atoms with Crippen molar-refractivity contribution in [3.8, 4) is 11.5 Å². The van der Waals surface area contributed by atoms with Crippen LogP contribution < -0.4 is 20.1 Å². The summed E-state index contributed by atoms with van der Waals surface area (Å²) in [7, 11) is 5.13. The molecule has 29 heavy (non-hydrogen) atoms. The Morgan fingerprint density at radius 2 is 2.00 bits per heavy atom. The van der Waals surface area contributed by atoms with Crippen LogP contribution in [0.1, 0.15) is 27.7 Å². The van der Waals surface area contributed by atoms with Gasteiger partial charge in [-0.25, -0.2) is 4.98 Å². The Bertz CT molecular complexity index is 993. The predicted octanol–water partition coefficient (Wildman–Crippen LogP) is 3.56. The normalized spacial score (nSPS) is 11.7. The van der Waals surface area contributed by atoms with Crippen molar-refractivity contribution in [3.63, 3.8) is 0 Å². The molecule has 2 aromatic heterocycles. The van der Waals surface area contributed by atoms with Crippen molar-refractivity contribution in [2.75, 3.05) is 27.8 Å². The molecule has 8 heteroatoms. The van der Waals surface area contributed by atoms with Crippen LogP contribution in [0.2, 0.25) is 0 Å². The minimum atomic E-state index is 0.737. The molecule has 3 rings (SSSR count). The molecule has 1 aromatic carbocycles. The number of aryl methyl sites for hydroxylation is 3. The van der Waals surface area contributed by atoms with Crippen molar-refractivity contribution >= 4 is 28.2 Å². The molecule has 0 saturated carbocycles. The molecule has 0 fully saturated rings. The Labute approximate surface area is 175 Å². The molecular formula is C21H29N5O2S. The second-order valence-corrected chi connectivity index (χ2v) is 8.07. The Morgan fingerprint density at radius 1 is 1.17 bits per heavy atom. The first-order valence-electron chi connectivity index (χ1n) is 9.65. The van der Waals surface area contributed by atoms with Gasteiger partial charge in [0.2, 0.25) is 0 Å². The second-order valence-electron chi connectivity index (χ2n) is 6.78. The first kappa shape index (κ1) is 21.0. The lowest BCUT2D eigenvalue weighted by molar-refractivity contribution is 0.398. The number of nitrogens with zero attached hydrogens (tertiary/aromatic N) is 2. The van der Waals surface area contributed by atoms with E-state index in [1.165, 1.54) is 10.6 Å². The van der Waals surface area contributed by atoms with Crippen molar-refractivity contribution < 1.29 is 9.47 Å². The lowest BCUT2D eigenvalue weighted by Crippen LogP contribution is -2.37. The van der Waals surface area contributed by atoms with E-state index in [-0.39, 0.29) is 0 Å². The Morgan fingerprint density at radius 3 is 2.66 bits per heavy atom. The van der Waals surface area contributed by atoms with Crippen LogP contribution in [0.15, 0.2) is 23.2 Å². The van der Waals surface area contributed by atoms with E-state index in [9.17, 15) is 0 Å². The van der Waals surface area contributed by atoms with Gasteiger partial charge in [-0.05, 0) is 32.8 Å². The average Bonchev–Trinajstić information content (AvgIpc) is 3.28. The molecule has 0 amide bonds. The molecule has 0 aliphatic rings. The summed E-state index contributed by atoms with van der Waals surface area (Å²) in [6.45, 7) is 5.64. The number of H-pyrrole nitrogens is 1. The summed E-state index contributed by atoms with van der Waals surface area (Å²) in [6, 6.07) is 6.05. The number of ether oxygens (including phenoxy) is 2. The van der Waals surface area contributed by atoms with Crippen molar-refractivity contribution in [3.05, 3.63) is 39.5 Å². The van der Waals surface area contributed by atoms with Gasteiger partial charge in [-0.3, -0.25) is 4.99 Å². The number of aromatic nitrogens is 2. The van der Waals surface area contributed by atoms with Crippen LogP contribution in [0.4, 0.5) is 0 Å². The number of nitrogens with one attached hydrogen (secondary N) is 3. The molecule has 7 nitrogen and oxygen atoms in total. The standard InChI is InChI=1S/C21H29N5O2S/c1-13-20(29-14(2)25-13)12-24-21(22-3)23-8-6-7-15-9-17-18(26-15)10-16(27-4)11-19(17)28-5/h9-11,26H,6-8,12H2,1-5H3,(H2,22,23,24). The number of thiazole rings is 1. The van der Waals surface area contributed by atoms with E-state index in [1.54, 1.807) is 32.6 Å². The van der Waals surface area contributed by atoms with Gasteiger partial charge in [0.15, 0.2) is 5.96 Å². The highest BCUT2D eigenvalue weighted by Crippen LogP contribution is 2.31. The van der Waals surface area contributed by atoms with E-state index in [2.05, 4.69) is 31.7 Å². The van der Waals surface area contributed by atoms with Crippen molar-refractivity contribution in [2.45, 2.75) is 33.2 Å². The van der Waals surface area contributed by atoms with Gasteiger partial charge in [0, 0.05) is 41.7 Å². The smallest absolute Gasteiger partial charge is 0.191 e. The Hall–Kier alpha value is -2.74. The number of benzene rings is 1. The maximum atomic E-state index is 5.49. The summed E-state index contributed by atoms with van der Waals surface area (Å²) in [5.74, 6) is 2.40. The molecule has 3 aromatic rings. The number of methoxy groups -OCH3 is 2. The van der Waals surface area contributed by atoms with Gasteiger partial charge in [-0.15, -0.1) is 11.3 Å². The molecule has 0 bridgehead atoms. The van der Waals surface area contributed by atoms with Crippen LogP contribution >= 0.6 is 11.3 Å². The minimum Gasteiger partial charge on any atom is -0.497 e. The molecule has 3 N–H and O–H groups in total. The lowest BCUT2D eigenvalue weighted by atomic mass is 10.2. The quantitative estimate of drug-likeness (QED) is 0.298. The molecule has 156 valence electrons. The van der Waals surface area contributed by atoms with Crippen LogP contribution in [0.5, 0.6) is 11.5 Å². The number of hydrogen-bond acceptors (Lipinski definition) is 5. The zero-order valence-electron chi connectivity index (χ0n) is 17.7. The monoisotopic (exact) mass is 415 g/mol. The second kappa shape index (κ2) is 9.65. The Kier molecular flexibility index (Phi) is 6.98. The zero-order valence-corrected chi connectivity index (χ0v) is 18.5. The SMILES string of the molecule is CN=C(NCCCc1cc2c(OC)cc(OC)cc2[nH]1)NCc1sc(C)nc1C. The topological polar surface area (TPSA) is 83.6 Å². The summed E-state index contributed by atoms with van der Waals surface area (Å²) < 4.78 is 10.8. The molecule has 0 saturated heterocycles. The number of guanidine groups is 1. The highest BCUT2D eigenvalue weighted by atomic mass is 32.1. The third-order valence-corrected chi connectivity index (χ3v) is 5.81. The molecule has 0 aliphatic carbocycles.